The highest BCUT2D eigenvalue weighted by molar-refractivity contribution is 5.76. The summed E-state index contributed by atoms with van der Waals surface area (Å²) in [5, 5.41) is 0. The Hall–Kier alpha value is -1.68. The Morgan fingerprint density at radius 1 is 1.43 bits per heavy atom. The van der Waals surface area contributed by atoms with Gasteiger partial charge in [0.25, 0.3) is 0 Å². The summed E-state index contributed by atoms with van der Waals surface area (Å²) >= 11 is 0. The van der Waals surface area contributed by atoms with Crippen LogP contribution in [-0.2, 0) is 14.3 Å². The van der Waals surface area contributed by atoms with Crippen LogP contribution in [0.15, 0.2) is 30.3 Å². The Bertz CT molecular complexity index is 474. The third-order valence-corrected chi connectivity index (χ3v) is 4.44. The van der Waals surface area contributed by atoms with Gasteiger partial charge in [0.05, 0.1) is 7.11 Å². The zero-order chi connectivity index (χ0) is 15.2. The van der Waals surface area contributed by atoms with Gasteiger partial charge in [-0.05, 0) is 37.8 Å². The molecule has 0 bridgehead atoms. The van der Waals surface area contributed by atoms with Crippen molar-refractivity contribution in [2.45, 2.75) is 38.3 Å². The van der Waals surface area contributed by atoms with E-state index in [9.17, 15) is 9.59 Å². The quantitative estimate of drug-likeness (QED) is 0.596. The predicted octanol–water partition coefficient (Wildman–Crippen LogP) is 2.59. The molecule has 1 aromatic carbocycles. The van der Waals surface area contributed by atoms with E-state index in [1.54, 1.807) is 0 Å². The Labute approximate surface area is 126 Å². The molecular formula is C17H23NO3. The third kappa shape index (κ3) is 3.50. The van der Waals surface area contributed by atoms with E-state index in [4.69, 9.17) is 4.74 Å². The second-order valence-electron chi connectivity index (χ2n) is 5.59. The molecule has 21 heavy (non-hydrogen) atoms. The molecule has 1 aliphatic heterocycles. The zero-order valence-corrected chi connectivity index (χ0v) is 12.7. The van der Waals surface area contributed by atoms with Crippen LogP contribution in [0.2, 0.25) is 0 Å². The van der Waals surface area contributed by atoms with Gasteiger partial charge in [0.2, 0.25) is 0 Å². The first-order valence-corrected chi connectivity index (χ1v) is 7.51. The lowest BCUT2D eigenvalue weighted by Crippen LogP contribution is -2.41. The molecule has 1 aliphatic rings. The van der Waals surface area contributed by atoms with Crippen LogP contribution in [-0.4, -0.2) is 36.9 Å². The summed E-state index contributed by atoms with van der Waals surface area (Å²) in [5.74, 6) is 0.0139. The highest BCUT2D eigenvalue weighted by Crippen LogP contribution is 2.35. The number of carbonyl (C=O) groups is 2. The number of methoxy groups -OCH3 is 1. The van der Waals surface area contributed by atoms with Gasteiger partial charge in [-0.15, -0.1) is 0 Å². The van der Waals surface area contributed by atoms with Crippen LogP contribution in [0.1, 0.15) is 37.8 Å². The van der Waals surface area contributed by atoms with Crippen LogP contribution in [0.25, 0.3) is 0 Å². The minimum Gasteiger partial charge on any atom is -0.468 e. The highest BCUT2D eigenvalue weighted by atomic mass is 16.5. The summed E-state index contributed by atoms with van der Waals surface area (Å²) in [6, 6.07) is 10.1. The summed E-state index contributed by atoms with van der Waals surface area (Å²) in [5.41, 5.74) is 1.20. The lowest BCUT2D eigenvalue weighted by atomic mass is 9.94. The molecule has 1 saturated heterocycles. The highest BCUT2D eigenvalue weighted by Gasteiger charge is 2.41. The van der Waals surface area contributed by atoms with Crippen LogP contribution >= 0.6 is 0 Å². The van der Waals surface area contributed by atoms with Crippen molar-refractivity contribution < 1.29 is 14.3 Å². The summed E-state index contributed by atoms with van der Waals surface area (Å²) in [7, 11) is 1.43. The van der Waals surface area contributed by atoms with Crippen molar-refractivity contribution >= 4 is 12.3 Å². The molecule has 1 aromatic rings. The molecular weight excluding hydrogens is 266 g/mol. The first kappa shape index (κ1) is 15.7. The number of nitrogens with zero attached hydrogens (tertiary/aromatic N) is 1. The van der Waals surface area contributed by atoms with E-state index in [0.717, 1.165) is 25.7 Å². The molecule has 2 rings (SSSR count). The molecule has 0 amide bonds. The monoisotopic (exact) mass is 289 g/mol. The lowest BCUT2D eigenvalue weighted by Gasteiger charge is -2.31. The second-order valence-corrected chi connectivity index (χ2v) is 5.59. The molecule has 0 radical (unpaired) electrons. The lowest BCUT2D eigenvalue weighted by molar-refractivity contribution is -0.148. The van der Waals surface area contributed by atoms with Crippen LogP contribution in [0, 0.1) is 5.92 Å². The van der Waals surface area contributed by atoms with Crippen molar-refractivity contribution in [2.24, 2.45) is 5.92 Å². The van der Waals surface area contributed by atoms with Crippen LogP contribution in [0.4, 0.5) is 0 Å². The first-order chi connectivity index (χ1) is 10.2. The summed E-state index contributed by atoms with van der Waals surface area (Å²) in [6.07, 6.45) is 3.12. The van der Waals surface area contributed by atoms with Crippen molar-refractivity contribution in [3.63, 3.8) is 0 Å². The average molecular weight is 289 g/mol. The van der Waals surface area contributed by atoms with E-state index < -0.39 is 0 Å². The smallest absolute Gasteiger partial charge is 0.323 e. The molecule has 1 heterocycles. The third-order valence-electron chi connectivity index (χ3n) is 4.44. The number of carbonyl (C=O) groups excluding carboxylic acids is 2. The molecule has 114 valence electrons. The summed E-state index contributed by atoms with van der Waals surface area (Å²) < 4.78 is 4.99. The minimum atomic E-state index is -0.245. The van der Waals surface area contributed by atoms with Crippen LogP contribution in [0.3, 0.4) is 0 Å². The number of aldehydes is 1. The maximum Gasteiger partial charge on any atom is 0.323 e. The van der Waals surface area contributed by atoms with Gasteiger partial charge in [-0.2, -0.15) is 0 Å². The maximum absolute atomic E-state index is 12.2. The normalized spacial score (nSPS) is 23.7. The number of hydrogen-bond acceptors (Lipinski definition) is 4. The van der Waals surface area contributed by atoms with E-state index >= 15 is 0 Å². The molecule has 0 aliphatic carbocycles. The van der Waals surface area contributed by atoms with Crippen LogP contribution < -0.4 is 0 Å². The van der Waals surface area contributed by atoms with Gasteiger partial charge in [0.1, 0.15) is 12.3 Å². The Morgan fingerprint density at radius 3 is 2.76 bits per heavy atom. The average Bonchev–Trinajstić information content (AvgIpc) is 2.96. The number of ether oxygens (including phenoxy) is 1. The van der Waals surface area contributed by atoms with Gasteiger partial charge < -0.3 is 9.53 Å². The fourth-order valence-corrected chi connectivity index (χ4v) is 3.27. The van der Waals surface area contributed by atoms with Gasteiger partial charge in [-0.25, -0.2) is 0 Å². The fourth-order valence-electron chi connectivity index (χ4n) is 3.27. The first-order valence-electron chi connectivity index (χ1n) is 7.51. The van der Waals surface area contributed by atoms with Gasteiger partial charge in [0, 0.05) is 12.5 Å². The number of hydrogen-bond donors (Lipinski definition) is 0. The van der Waals surface area contributed by atoms with Crippen molar-refractivity contribution in [1.29, 1.82) is 0 Å². The zero-order valence-electron chi connectivity index (χ0n) is 12.7. The van der Waals surface area contributed by atoms with E-state index in [0.29, 0.717) is 6.42 Å². The number of esters is 1. The Kier molecular flexibility index (Phi) is 5.51. The summed E-state index contributed by atoms with van der Waals surface area (Å²) in [4.78, 5) is 25.0. The molecule has 4 heteroatoms. The molecule has 0 N–H and O–H groups in total. The predicted molar refractivity (Wildman–Crippen MR) is 80.8 cm³/mol. The van der Waals surface area contributed by atoms with Crippen molar-refractivity contribution in [2.75, 3.05) is 13.7 Å². The van der Waals surface area contributed by atoms with E-state index in [1.165, 1.54) is 12.7 Å². The fraction of sp³-hybridized carbons (Fsp3) is 0.529. The Balaban J connectivity index is 2.17. The molecule has 4 nitrogen and oxygen atoms in total. The van der Waals surface area contributed by atoms with Crippen LogP contribution in [0.5, 0.6) is 0 Å². The molecule has 0 spiro atoms. The van der Waals surface area contributed by atoms with Gasteiger partial charge >= 0.3 is 5.97 Å². The minimum absolute atomic E-state index is 0.163. The van der Waals surface area contributed by atoms with E-state index in [-0.39, 0.29) is 24.0 Å². The summed E-state index contributed by atoms with van der Waals surface area (Å²) in [6.45, 7) is 2.98. The van der Waals surface area contributed by atoms with E-state index in [1.807, 2.05) is 18.2 Å². The SMILES string of the molecule is COC(=O)C1C(CCC=O)CCN1[C@@H](C)c1ccccc1. The molecule has 1 fully saturated rings. The topological polar surface area (TPSA) is 46.6 Å². The van der Waals surface area contributed by atoms with E-state index in [2.05, 4.69) is 24.0 Å². The molecule has 0 saturated carbocycles. The molecule has 3 atom stereocenters. The number of rotatable bonds is 6. The van der Waals surface area contributed by atoms with Gasteiger partial charge in [-0.1, -0.05) is 30.3 Å². The van der Waals surface area contributed by atoms with Crippen molar-refractivity contribution in [3.8, 4) is 0 Å². The number of likely N-dealkylation sites (tertiary alicyclic amines) is 1. The van der Waals surface area contributed by atoms with Crippen molar-refractivity contribution in [1.82, 2.24) is 4.90 Å². The maximum atomic E-state index is 12.2. The number of benzene rings is 1. The Morgan fingerprint density at radius 2 is 2.14 bits per heavy atom. The second kappa shape index (κ2) is 7.36. The molecule has 2 unspecified atom stereocenters. The van der Waals surface area contributed by atoms with Crippen molar-refractivity contribution in [3.05, 3.63) is 35.9 Å². The largest absolute Gasteiger partial charge is 0.468 e. The standard InChI is InChI=1S/C17H23NO3/c1-13(14-7-4-3-5-8-14)18-11-10-15(9-6-12-19)16(18)17(20)21-2/h3-5,7-8,12-13,15-16H,6,9-11H2,1-2H3/t13-,15?,16?/m0/s1. The van der Waals surface area contributed by atoms with Gasteiger partial charge in [-0.3, -0.25) is 9.69 Å². The van der Waals surface area contributed by atoms with Gasteiger partial charge in [0.15, 0.2) is 0 Å². The molecule has 0 aromatic heterocycles.